The topological polar surface area (TPSA) is 0 Å². The zero-order valence-corrected chi connectivity index (χ0v) is 10.3. The van der Waals surface area contributed by atoms with Crippen LogP contribution in [0.3, 0.4) is 0 Å². The molecule has 78 valence electrons. The summed E-state index contributed by atoms with van der Waals surface area (Å²) in [5.41, 5.74) is 2.73. The molecule has 1 aromatic heterocycles. The molecule has 0 N–H and O–H groups in total. The van der Waals surface area contributed by atoms with E-state index in [9.17, 15) is 0 Å². The Labute approximate surface area is 95.6 Å². The van der Waals surface area contributed by atoms with Crippen LogP contribution in [-0.4, -0.2) is 0 Å². The minimum atomic E-state index is 0.632. The first kappa shape index (κ1) is 10.4. The van der Waals surface area contributed by atoms with E-state index in [-0.39, 0.29) is 0 Å². The van der Waals surface area contributed by atoms with Gasteiger partial charge in [-0.25, -0.2) is 0 Å². The summed E-state index contributed by atoms with van der Waals surface area (Å²) in [6.45, 7) is 6.66. The summed E-state index contributed by atoms with van der Waals surface area (Å²) in [7, 11) is 0. The molecule has 15 heavy (non-hydrogen) atoms. The Bertz CT molecular complexity index is 452. The quantitative estimate of drug-likeness (QED) is 0.673. The van der Waals surface area contributed by atoms with Crippen molar-refractivity contribution in [3.05, 3.63) is 46.8 Å². The molecule has 0 unspecified atom stereocenters. The Kier molecular flexibility index (Phi) is 2.92. The molecule has 0 nitrogen and oxygen atoms in total. The first-order valence-electron chi connectivity index (χ1n) is 5.34. The van der Waals surface area contributed by atoms with E-state index in [4.69, 9.17) is 0 Å². The van der Waals surface area contributed by atoms with Gasteiger partial charge < -0.3 is 0 Å². The maximum atomic E-state index is 2.25. The SMILES string of the molecule is Cc1ccccc1-c1ccc(C(C)C)s1. The van der Waals surface area contributed by atoms with Crippen LogP contribution < -0.4 is 0 Å². The number of hydrogen-bond donors (Lipinski definition) is 0. The van der Waals surface area contributed by atoms with E-state index in [2.05, 4.69) is 57.2 Å². The van der Waals surface area contributed by atoms with Gasteiger partial charge in [-0.3, -0.25) is 0 Å². The first-order valence-corrected chi connectivity index (χ1v) is 6.16. The van der Waals surface area contributed by atoms with Crippen molar-refractivity contribution in [3.8, 4) is 10.4 Å². The molecule has 0 saturated carbocycles. The van der Waals surface area contributed by atoms with Crippen LogP contribution in [0.15, 0.2) is 36.4 Å². The largest absolute Gasteiger partial charge is 0.140 e. The van der Waals surface area contributed by atoms with Gasteiger partial charge in [0.1, 0.15) is 0 Å². The number of benzene rings is 1. The monoisotopic (exact) mass is 216 g/mol. The van der Waals surface area contributed by atoms with Crippen LogP contribution in [0.5, 0.6) is 0 Å². The maximum Gasteiger partial charge on any atom is 0.0348 e. The predicted octanol–water partition coefficient (Wildman–Crippen LogP) is 4.85. The van der Waals surface area contributed by atoms with E-state index in [1.165, 1.54) is 20.9 Å². The van der Waals surface area contributed by atoms with Crippen LogP contribution in [0.4, 0.5) is 0 Å². The average Bonchev–Trinajstić information content (AvgIpc) is 2.67. The fourth-order valence-corrected chi connectivity index (χ4v) is 2.76. The molecule has 1 heteroatoms. The van der Waals surface area contributed by atoms with Crippen molar-refractivity contribution in [2.75, 3.05) is 0 Å². The summed E-state index contributed by atoms with van der Waals surface area (Å²) in [6.07, 6.45) is 0. The van der Waals surface area contributed by atoms with Gasteiger partial charge in [0, 0.05) is 9.75 Å². The molecule has 0 atom stereocenters. The minimum absolute atomic E-state index is 0.632. The zero-order chi connectivity index (χ0) is 10.8. The Morgan fingerprint density at radius 3 is 2.33 bits per heavy atom. The molecule has 0 fully saturated rings. The van der Waals surface area contributed by atoms with Gasteiger partial charge in [0.25, 0.3) is 0 Å². The second kappa shape index (κ2) is 4.19. The van der Waals surface area contributed by atoms with Gasteiger partial charge in [0.05, 0.1) is 0 Å². The fourth-order valence-electron chi connectivity index (χ4n) is 1.66. The van der Waals surface area contributed by atoms with Crippen LogP contribution in [-0.2, 0) is 0 Å². The van der Waals surface area contributed by atoms with Gasteiger partial charge in [0.15, 0.2) is 0 Å². The number of aryl methyl sites for hydroxylation is 1. The normalized spacial score (nSPS) is 10.9. The molecule has 0 saturated heterocycles. The lowest BCUT2D eigenvalue weighted by atomic mass is 10.1. The average molecular weight is 216 g/mol. The molecule has 2 rings (SSSR count). The second-order valence-electron chi connectivity index (χ2n) is 4.17. The van der Waals surface area contributed by atoms with Crippen LogP contribution in [0.1, 0.15) is 30.2 Å². The molecule has 0 radical (unpaired) electrons. The van der Waals surface area contributed by atoms with Crippen molar-refractivity contribution in [1.29, 1.82) is 0 Å². The lowest BCUT2D eigenvalue weighted by Crippen LogP contribution is -1.78. The van der Waals surface area contributed by atoms with Crippen LogP contribution >= 0.6 is 11.3 Å². The number of thiophene rings is 1. The minimum Gasteiger partial charge on any atom is -0.140 e. The lowest BCUT2D eigenvalue weighted by molar-refractivity contribution is 0.890. The van der Waals surface area contributed by atoms with Crippen molar-refractivity contribution in [2.24, 2.45) is 0 Å². The molecule has 0 aliphatic carbocycles. The van der Waals surface area contributed by atoms with E-state index in [1.54, 1.807) is 0 Å². The lowest BCUT2D eigenvalue weighted by Gasteiger charge is -2.02. The summed E-state index contributed by atoms with van der Waals surface area (Å²) in [5.74, 6) is 0.632. The highest BCUT2D eigenvalue weighted by Gasteiger charge is 2.06. The molecular weight excluding hydrogens is 200 g/mol. The smallest absolute Gasteiger partial charge is 0.0348 e. The third-order valence-corrected chi connectivity index (χ3v) is 4.03. The highest BCUT2D eigenvalue weighted by Crippen LogP contribution is 2.33. The summed E-state index contributed by atoms with van der Waals surface area (Å²) < 4.78 is 0. The number of hydrogen-bond acceptors (Lipinski definition) is 1. The van der Waals surface area contributed by atoms with Crippen molar-refractivity contribution in [1.82, 2.24) is 0 Å². The van der Waals surface area contributed by atoms with E-state index in [1.807, 2.05) is 11.3 Å². The predicted molar refractivity (Wildman–Crippen MR) is 68.6 cm³/mol. The zero-order valence-electron chi connectivity index (χ0n) is 9.45. The van der Waals surface area contributed by atoms with Crippen LogP contribution in [0.25, 0.3) is 10.4 Å². The van der Waals surface area contributed by atoms with E-state index < -0.39 is 0 Å². The Morgan fingerprint density at radius 1 is 1.00 bits per heavy atom. The fraction of sp³-hybridized carbons (Fsp3) is 0.286. The van der Waals surface area contributed by atoms with E-state index in [0.29, 0.717) is 5.92 Å². The van der Waals surface area contributed by atoms with Gasteiger partial charge in [-0.05, 0) is 36.1 Å². The van der Waals surface area contributed by atoms with Gasteiger partial charge in [-0.15, -0.1) is 11.3 Å². The summed E-state index contributed by atoms with van der Waals surface area (Å²) >= 11 is 1.91. The Balaban J connectivity index is 2.42. The standard InChI is InChI=1S/C14H16S/c1-10(2)13-8-9-14(15-13)12-7-5-4-6-11(12)3/h4-10H,1-3H3. The highest BCUT2D eigenvalue weighted by molar-refractivity contribution is 7.15. The summed E-state index contributed by atoms with van der Waals surface area (Å²) in [4.78, 5) is 2.85. The summed E-state index contributed by atoms with van der Waals surface area (Å²) in [6, 6.07) is 13.1. The van der Waals surface area contributed by atoms with Gasteiger partial charge in [-0.1, -0.05) is 38.1 Å². The first-order chi connectivity index (χ1) is 7.18. The van der Waals surface area contributed by atoms with E-state index >= 15 is 0 Å². The highest BCUT2D eigenvalue weighted by atomic mass is 32.1. The van der Waals surface area contributed by atoms with Crippen LogP contribution in [0.2, 0.25) is 0 Å². The molecule has 0 spiro atoms. The maximum absolute atomic E-state index is 2.25. The number of rotatable bonds is 2. The van der Waals surface area contributed by atoms with Crippen molar-refractivity contribution in [3.63, 3.8) is 0 Å². The summed E-state index contributed by atoms with van der Waals surface area (Å²) in [5, 5.41) is 0. The molecule has 1 aromatic carbocycles. The van der Waals surface area contributed by atoms with Crippen molar-refractivity contribution >= 4 is 11.3 Å². The molecule has 1 heterocycles. The van der Waals surface area contributed by atoms with Gasteiger partial charge in [0.2, 0.25) is 0 Å². The third-order valence-electron chi connectivity index (χ3n) is 2.61. The molecule has 0 bridgehead atoms. The van der Waals surface area contributed by atoms with Gasteiger partial charge in [-0.2, -0.15) is 0 Å². The molecular formula is C14H16S. The Hall–Kier alpha value is -1.08. The molecule has 0 aliphatic heterocycles. The molecule has 0 amide bonds. The Morgan fingerprint density at radius 2 is 1.73 bits per heavy atom. The third kappa shape index (κ3) is 2.13. The second-order valence-corrected chi connectivity index (χ2v) is 5.29. The van der Waals surface area contributed by atoms with Crippen LogP contribution in [0, 0.1) is 6.92 Å². The van der Waals surface area contributed by atoms with E-state index in [0.717, 1.165) is 0 Å². The van der Waals surface area contributed by atoms with Gasteiger partial charge >= 0.3 is 0 Å². The molecule has 0 aliphatic rings. The van der Waals surface area contributed by atoms with Crippen molar-refractivity contribution < 1.29 is 0 Å². The van der Waals surface area contributed by atoms with Crippen molar-refractivity contribution in [2.45, 2.75) is 26.7 Å². The molecule has 2 aromatic rings.